The molecule has 2 heterocycles. The van der Waals surface area contributed by atoms with Crippen LogP contribution in [-0.2, 0) is 0 Å². The molecule has 0 amide bonds. The highest BCUT2D eigenvalue weighted by molar-refractivity contribution is 5.62. The fraction of sp³-hybridized carbons (Fsp3) is 0.700. The molecular weight excluding hydrogens is 176 g/mol. The van der Waals surface area contributed by atoms with Crippen LogP contribution < -0.4 is 10.6 Å². The van der Waals surface area contributed by atoms with Gasteiger partial charge in [-0.3, -0.25) is 5.10 Å². The molecule has 78 valence electrons. The predicted octanol–water partition coefficient (Wildman–Crippen LogP) is 1.76. The first-order valence-electron chi connectivity index (χ1n) is 5.38. The maximum absolute atomic E-state index is 5.83. The van der Waals surface area contributed by atoms with E-state index in [1.54, 1.807) is 0 Å². The van der Waals surface area contributed by atoms with E-state index in [1.165, 1.54) is 25.7 Å². The summed E-state index contributed by atoms with van der Waals surface area (Å²) < 4.78 is 0. The van der Waals surface area contributed by atoms with E-state index in [-0.39, 0.29) is 0 Å². The van der Waals surface area contributed by atoms with Crippen LogP contribution in [0.2, 0.25) is 0 Å². The molecule has 0 aromatic carbocycles. The molecule has 3 N–H and O–H groups in total. The van der Waals surface area contributed by atoms with Crippen molar-refractivity contribution in [1.29, 1.82) is 0 Å². The van der Waals surface area contributed by atoms with Crippen molar-refractivity contribution in [3.63, 3.8) is 0 Å². The molecule has 0 bridgehead atoms. The number of H-pyrrole nitrogens is 1. The molecule has 1 atom stereocenters. The number of aromatic nitrogens is 2. The summed E-state index contributed by atoms with van der Waals surface area (Å²) in [5, 5.41) is 6.77. The third-order valence-corrected chi connectivity index (χ3v) is 3.06. The maximum Gasteiger partial charge on any atom is 0.142 e. The normalized spacial score (nSPS) is 22.6. The molecule has 1 aliphatic rings. The van der Waals surface area contributed by atoms with Gasteiger partial charge in [-0.2, -0.15) is 5.10 Å². The maximum atomic E-state index is 5.83. The van der Waals surface area contributed by atoms with Gasteiger partial charge < -0.3 is 10.6 Å². The number of rotatable bonds is 2. The van der Waals surface area contributed by atoms with Gasteiger partial charge in [0.2, 0.25) is 0 Å². The van der Waals surface area contributed by atoms with Gasteiger partial charge in [0.1, 0.15) is 5.82 Å². The van der Waals surface area contributed by atoms with Crippen molar-refractivity contribution in [3.8, 4) is 0 Å². The molecule has 4 heteroatoms. The Morgan fingerprint density at radius 1 is 1.64 bits per heavy atom. The van der Waals surface area contributed by atoms with Crippen LogP contribution in [0, 0.1) is 0 Å². The number of nitrogens with two attached hydrogens (primary N) is 1. The molecule has 1 unspecified atom stereocenters. The SMILES string of the molecule is CCC1CCCCN1c1cn[nH]c1N. The second kappa shape index (κ2) is 3.90. The molecule has 1 fully saturated rings. The number of hydrogen-bond acceptors (Lipinski definition) is 3. The molecule has 0 saturated carbocycles. The van der Waals surface area contributed by atoms with Gasteiger partial charge in [-0.25, -0.2) is 0 Å². The van der Waals surface area contributed by atoms with Gasteiger partial charge in [0, 0.05) is 12.6 Å². The van der Waals surface area contributed by atoms with Crippen molar-refractivity contribution in [2.45, 2.75) is 38.6 Å². The van der Waals surface area contributed by atoms with Crippen LogP contribution in [0.5, 0.6) is 0 Å². The lowest BCUT2D eigenvalue weighted by molar-refractivity contribution is 0.450. The highest BCUT2D eigenvalue weighted by Crippen LogP contribution is 2.29. The van der Waals surface area contributed by atoms with Gasteiger partial charge in [0.05, 0.1) is 11.9 Å². The first-order chi connectivity index (χ1) is 6.83. The summed E-state index contributed by atoms with van der Waals surface area (Å²) in [5.41, 5.74) is 6.91. The van der Waals surface area contributed by atoms with Crippen LogP contribution in [0.25, 0.3) is 0 Å². The highest BCUT2D eigenvalue weighted by atomic mass is 15.2. The summed E-state index contributed by atoms with van der Waals surface area (Å²) in [5.74, 6) is 0.699. The van der Waals surface area contributed by atoms with E-state index in [1.807, 2.05) is 6.20 Å². The Labute approximate surface area is 84.5 Å². The molecule has 0 radical (unpaired) electrons. The second-order valence-corrected chi connectivity index (χ2v) is 3.92. The first-order valence-corrected chi connectivity index (χ1v) is 5.38. The van der Waals surface area contributed by atoms with Crippen LogP contribution in [0.4, 0.5) is 11.5 Å². The van der Waals surface area contributed by atoms with E-state index in [0.717, 1.165) is 12.2 Å². The zero-order valence-electron chi connectivity index (χ0n) is 8.66. The number of hydrogen-bond donors (Lipinski definition) is 2. The van der Waals surface area contributed by atoms with Gasteiger partial charge in [-0.05, 0) is 25.7 Å². The van der Waals surface area contributed by atoms with Gasteiger partial charge in [0.15, 0.2) is 0 Å². The smallest absolute Gasteiger partial charge is 0.142 e. The topological polar surface area (TPSA) is 57.9 Å². The minimum atomic E-state index is 0.642. The quantitative estimate of drug-likeness (QED) is 0.754. The Hall–Kier alpha value is -1.19. The fourth-order valence-electron chi connectivity index (χ4n) is 2.26. The van der Waals surface area contributed by atoms with E-state index in [4.69, 9.17) is 5.73 Å². The van der Waals surface area contributed by atoms with Crippen molar-refractivity contribution < 1.29 is 0 Å². The Morgan fingerprint density at radius 2 is 2.50 bits per heavy atom. The van der Waals surface area contributed by atoms with Gasteiger partial charge in [-0.15, -0.1) is 0 Å². The molecule has 4 nitrogen and oxygen atoms in total. The Bertz CT molecular complexity index is 294. The molecule has 0 spiro atoms. The average molecular weight is 194 g/mol. The summed E-state index contributed by atoms with van der Waals surface area (Å²) in [6, 6.07) is 0.642. The van der Waals surface area contributed by atoms with E-state index in [9.17, 15) is 0 Å². The minimum absolute atomic E-state index is 0.642. The lowest BCUT2D eigenvalue weighted by atomic mass is 10.00. The number of nitrogens with one attached hydrogen (secondary N) is 1. The predicted molar refractivity (Wildman–Crippen MR) is 58.3 cm³/mol. The molecule has 0 aliphatic carbocycles. The standard InChI is InChI=1S/C10H18N4/c1-2-8-5-3-4-6-14(8)9-7-12-13-10(9)11/h7-8H,2-6H2,1H3,(H3,11,12,13). The van der Waals surface area contributed by atoms with Gasteiger partial charge in [0.25, 0.3) is 0 Å². The van der Waals surface area contributed by atoms with Crippen LogP contribution in [0.3, 0.4) is 0 Å². The number of nitrogens with zero attached hydrogens (tertiary/aromatic N) is 2. The molecule has 14 heavy (non-hydrogen) atoms. The zero-order chi connectivity index (χ0) is 9.97. The summed E-state index contributed by atoms with van der Waals surface area (Å²) in [7, 11) is 0. The van der Waals surface area contributed by atoms with Gasteiger partial charge >= 0.3 is 0 Å². The molecule has 1 aromatic rings. The van der Waals surface area contributed by atoms with Crippen molar-refractivity contribution in [2.24, 2.45) is 0 Å². The van der Waals surface area contributed by atoms with E-state index >= 15 is 0 Å². The lowest BCUT2D eigenvalue weighted by Crippen LogP contribution is -2.39. The highest BCUT2D eigenvalue weighted by Gasteiger charge is 2.23. The second-order valence-electron chi connectivity index (χ2n) is 3.92. The zero-order valence-corrected chi connectivity index (χ0v) is 8.66. The summed E-state index contributed by atoms with van der Waals surface area (Å²) in [6.45, 7) is 3.35. The number of piperidine rings is 1. The van der Waals surface area contributed by atoms with Crippen molar-refractivity contribution in [2.75, 3.05) is 17.2 Å². The summed E-state index contributed by atoms with van der Waals surface area (Å²) in [6.07, 6.45) is 6.91. The number of nitrogen functional groups attached to an aromatic ring is 1. The molecule has 1 saturated heterocycles. The lowest BCUT2D eigenvalue weighted by Gasteiger charge is -2.36. The molecule has 1 aliphatic heterocycles. The molecule has 1 aromatic heterocycles. The number of anilines is 2. The average Bonchev–Trinajstić information content (AvgIpc) is 2.64. The van der Waals surface area contributed by atoms with E-state index in [0.29, 0.717) is 11.9 Å². The van der Waals surface area contributed by atoms with E-state index in [2.05, 4.69) is 22.0 Å². The third-order valence-electron chi connectivity index (χ3n) is 3.06. The molecular formula is C10H18N4. The monoisotopic (exact) mass is 194 g/mol. The van der Waals surface area contributed by atoms with Crippen molar-refractivity contribution in [3.05, 3.63) is 6.20 Å². The van der Waals surface area contributed by atoms with Crippen LogP contribution in [0.15, 0.2) is 6.20 Å². The Kier molecular flexibility index (Phi) is 2.61. The first kappa shape index (κ1) is 9.37. The fourth-order valence-corrected chi connectivity index (χ4v) is 2.26. The largest absolute Gasteiger partial charge is 0.382 e. The Balaban J connectivity index is 2.19. The van der Waals surface area contributed by atoms with Crippen molar-refractivity contribution >= 4 is 11.5 Å². The van der Waals surface area contributed by atoms with Crippen molar-refractivity contribution in [1.82, 2.24) is 10.2 Å². The van der Waals surface area contributed by atoms with Crippen LogP contribution in [-0.4, -0.2) is 22.8 Å². The number of aromatic amines is 1. The molecule has 2 rings (SSSR count). The summed E-state index contributed by atoms with van der Waals surface area (Å²) >= 11 is 0. The van der Waals surface area contributed by atoms with Crippen LogP contribution >= 0.6 is 0 Å². The summed E-state index contributed by atoms with van der Waals surface area (Å²) in [4.78, 5) is 2.39. The Morgan fingerprint density at radius 3 is 3.14 bits per heavy atom. The van der Waals surface area contributed by atoms with Gasteiger partial charge in [-0.1, -0.05) is 6.92 Å². The minimum Gasteiger partial charge on any atom is -0.382 e. The third kappa shape index (κ3) is 1.56. The van der Waals surface area contributed by atoms with E-state index < -0.39 is 0 Å². The van der Waals surface area contributed by atoms with Crippen LogP contribution in [0.1, 0.15) is 32.6 Å².